The van der Waals surface area contributed by atoms with Gasteiger partial charge in [-0.05, 0) is 29.8 Å². The zero-order valence-corrected chi connectivity index (χ0v) is 15.6. The van der Waals surface area contributed by atoms with E-state index in [2.05, 4.69) is 9.97 Å². The van der Waals surface area contributed by atoms with Crippen molar-refractivity contribution in [3.05, 3.63) is 87.0 Å². The minimum Gasteiger partial charge on any atom is -0.308 e. The van der Waals surface area contributed by atoms with Crippen LogP contribution in [0.4, 0.5) is 4.39 Å². The lowest BCUT2D eigenvalue weighted by Crippen LogP contribution is -2.30. The van der Waals surface area contributed by atoms with Crippen LogP contribution in [0.25, 0.3) is 21.3 Å². The second-order valence-electron chi connectivity index (χ2n) is 6.59. The molecule has 5 rings (SSSR count). The monoisotopic (exact) mass is 405 g/mol. The van der Waals surface area contributed by atoms with E-state index in [1.165, 1.54) is 23.5 Å². The van der Waals surface area contributed by atoms with Crippen LogP contribution in [0.3, 0.4) is 0 Å². The minimum absolute atomic E-state index is 0.124. The molecule has 0 radical (unpaired) electrons. The largest absolute Gasteiger partial charge is 0.308 e. The summed E-state index contributed by atoms with van der Waals surface area (Å²) in [4.78, 5) is 46.5. The molecule has 142 valence electrons. The summed E-state index contributed by atoms with van der Waals surface area (Å²) in [6.07, 6.45) is 0. The smallest absolute Gasteiger partial charge is 0.261 e. The van der Waals surface area contributed by atoms with Gasteiger partial charge in [0.15, 0.2) is 0 Å². The molecular formula is C21H12FN3O3S. The van der Waals surface area contributed by atoms with E-state index < -0.39 is 11.8 Å². The SMILES string of the molecule is O=C1c2ccccc2C(=O)N1Cc1nc2scc(-c3ccc(F)cc3)c2c(=O)[nH]1. The van der Waals surface area contributed by atoms with Gasteiger partial charge in [0, 0.05) is 10.9 Å². The summed E-state index contributed by atoms with van der Waals surface area (Å²) in [5.74, 6) is -0.953. The van der Waals surface area contributed by atoms with Crippen molar-refractivity contribution in [3.63, 3.8) is 0 Å². The van der Waals surface area contributed by atoms with Crippen LogP contribution in [0.2, 0.25) is 0 Å². The van der Waals surface area contributed by atoms with Crippen molar-refractivity contribution >= 4 is 33.4 Å². The number of hydrogen-bond donors (Lipinski definition) is 1. The maximum atomic E-state index is 13.2. The number of nitrogens with one attached hydrogen (secondary N) is 1. The lowest BCUT2D eigenvalue weighted by Gasteiger charge is -2.12. The predicted octanol–water partition coefficient (Wildman–Crippen LogP) is 3.59. The molecule has 0 saturated heterocycles. The highest BCUT2D eigenvalue weighted by Gasteiger charge is 2.35. The Morgan fingerprint density at radius 3 is 2.24 bits per heavy atom. The number of fused-ring (bicyclic) bond motifs is 2. The van der Waals surface area contributed by atoms with Crippen LogP contribution in [0.1, 0.15) is 26.5 Å². The van der Waals surface area contributed by atoms with Crippen LogP contribution >= 0.6 is 11.3 Å². The third kappa shape index (κ3) is 2.76. The van der Waals surface area contributed by atoms with Gasteiger partial charge in [-0.2, -0.15) is 0 Å². The number of hydrogen-bond acceptors (Lipinski definition) is 5. The Morgan fingerprint density at radius 2 is 1.59 bits per heavy atom. The average molecular weight is 405 g/mol. The van der Waals surface area contributed by atoms with E-state index in [0.717, 1.165) is 4.90 Å². The molecule has 2 aromatic carbocycles. The highest BCUT2D eigenvalue weighted by molar-refractivity contribution is 7.17. The Bertz CT molecular complexity index is 1320. The fourth-order valence-electron chi connectivity index (χ4n) is 3.44. The summed E-state index contributed by atoms with van der Waals surface area (Å²) in [5, 5.41) is 2.18. The number of aromatic nitrogens is 2. The Labute approximate surface area is 167 Å². The highest BCUT2D eigenvalue weighted by Crippen LogP contribution is 2.31. The van der Waals surface area contributed by atoms with Crippen LogP contribution in [-0.4, -0.2) is 26.7 Å². The third-order valence-electron chi connectivity index (χ3n) is 4.83. The molecule has 0 atom stereocenters. The zero-order chi connectivity index (χ0) is 20.1. The lowest BCUT2D eigenvalue weighted by atomic mass is 10.1. The van der Waals surface area contributed by atoms with Crippen molar-refractivity contribution in [3.8, 4) is 11.1 Å². The molecule has 3 heterocycles. The number of carbonyl (C=O) groups is 2. The first-order valence-corrected chi connectivity index (χ1v) is 9.62. The first-order chi connectivity index (χ1) is 14.0. The van der Waals surface area contributed by atoms with Crippen molar-refractivity contribution in [1.82, 2.24) is 14.9 Å². The maximum Gasteiger partial charge on any atom is 0.261 e. The van der Waals surface area contributed by atoms with Gasteiger partial charge in [0.25, 0.3) is 17.4 Å². The van der Waals surface area contributed by atoms with Crippen LogP contribution in [-0.2, 0) is 6.54 Å². The van der Waals surface area contributed by atoms with Gasteiger partial charge in [0.05, 0.1) is 23.1 Å². The second kappa shape index (κ2) is 6.46. The van der Waals surface area contributed by atoms with Crippen LogP contribution < -0.4 is 5.56 Å². The van der Waals surface area contributed by atoms with Gasteiger partial charge < -0.3 is 4.98 Å². The molecule has 0 spiro atoms. The van der Waals surface area contributed by atoms with Crippen molar-refractivity contribution < 1.29 is 14.0 Å². The van der Waals surface area contributed by atoms with Gasteiger partial charge in [-0.15, -0.1) is 11.3 Å². The molecule has 1 N–H and O–H groups in total. The Kier molecular flexibility index (Phi) is 3.88. The molecule has 8 heteroatoms. The fraction of sp³-hybridized carbons (Fsp3) is 0.0476. The molecule has 0 aliphatic carbocycles. The van der Waals surface area contributed by atoms with E-state index in [-0.39, 0.29) is 23.7 Å². The molecule has 2 aromatic heterocycles. The van der Waals surface area contributed by atoms with Crippen molar-refractivity contribution in [2.45, 2.75) is 6.54 Å². The first-order valence-electron chi connectivity index (χ1n) is 8.74. The number of halogens is 1. The molecule has 1 aliphatic heterocycles. The number of carbonyl (C=O) groups excluding carboxylic acids is 2. The summed E-state index contributed by atoms with van der Waals surface area (Å²) in [6.45, 7) is -0.124. The Balaban J connectivity index is 1.52. The van der Waals surface area contributed by atoms with Crippen LogP contribution in [0.5, 0.6) is 0 Å². The Hall–Kier alpha value is -3.65. The van der Waals surface area contributed by atoms with E-state index in [1.54, 1.807) is 41.8 Å². The number of nitrogens with zero attached hydrogens (tertiary/aromatic N) is 2. The summed E-state index contributed by atoms with van der Waals surface area (Å²) in [5.41, 5.74) is 1.68. The number of rotatable bonds is 3. The van der Waals surface area contributed by atoms with Crippen LogP contribution in [0.15, 0.2) is 58.7 Å². The molecule has 4 aromatic rings. The standard InChI is InChI=1S/C21H12FN3O3S/c22-12-7-5-11(6-8-12)15-10-29-19-17(15)18(26)23-16(24-19)9-25-20(27)13-3-1-2-4-14(13)21(25)28/h1-8,10H,9H2,(H,23,24,26). The molecule has 0 unspecified atom stereocenters. The maximum absolute atomic E-state index is 13.2. The number of imide groups is 1. The number of aromatic amines is 1. The summed E-state index contributed by atoms with van der Waals surface area (Å²) in [6, 6.07) is 12.5. The number of amides is 2. The molecular weight excluding hydrogens is 393 g/mol. The van der Waals surface area contributed by atoms with E-state index in [4.69, 9.17) is 0 Å². The number of benzene rings is 2. The average Bonchev–Trinajstić information content (AvgIpc) is 3.25. The van der Waals surface area contributed by atoms with E-state index in [1.807, 2.05) is 0 Å². The van der Waals surface area contributed by atoms with Crippen molar-refractivity contribution in [1.29, 1.82) is 0 Å². The number of thiophene rings is 1. The van der Waals surface area contributed by atoms with Gasteiger partial charge in [-0.1, -0.05) is 24.3 Å². The fourth-order valence-corrected chi connectivity index (χ4v) is 4.41. The summed E-state index contributed by atoms with van der Waals surface area (Å²) < 4.78 is 13.2. The molecule has 0 bridgehead atoms. The van der Waals surface area contributed by atoms with Crippen LogP contribution in [0, 0.1) is 5.82 Å². The molecule has 0 fully saturated rings. The molecule has 6 nitrogen and oxygen atoms in total. The summed E-state index contributed by atoms with van der Waals surface area (Å²) >= 11 is 1.27. The van der Waals surface area contributed by atoms with Gasteiger partial charge in [-0.25, -0.2) is 9.37 Å². The molecule has 0 saturated carbocycles. The molecule has 1 aliphatic rings. The van der Waals surface area contributed by atoms with Gasteiger partial charge >= 0.3 is 0 Å². The minimum atomic E-state index is -0.411. The van der Waals surface area contributed by atoms with Gasteiger partial charge in [0.1, 0.15) is 16.5 Å². The predicted molar refractivity (Wildman–Crippen MR) is 106 cm³/mol. The molecule has 29 heavy (non-hydrogen) atoms. The zero-order valence-electron chi connectivity index (χ0n) is 14.8. The summed E-state index contributed by atoms with van der Waals surface area (Å²) in [7, 11) is 0. The molecule has 2 amide bonds. The van der Waals surface area contributed by atoms with E-state index >= 15 is 0 Å². The Morgan fingerprint density at radius 1 is 0.931 bits per heavy atom. The normalized spacial score (nSPS) is 13.3. The quantitative estimate of drug-likeness (QED) is 0.528. The van der Waals surface area contributed by atoms with Gasteiger partial charge in [0.2, 0.25) is 0 Å². The second-order valence-corrected chi connectivity index (χ2v) is 7.45. The number of H-pyrrole nitrogens is 1. The third-order valence-corrected chi connectivity index (χ3v) is 5.71. The van der Waals surface area contributed by atoms with E-state index in [9.17, 15) is 18.8 Å². The van der Waals surface area contributed by atoms with Crippen molar-refractivity contribution in [2.24, 2.45) is 0 Å². The highest BCUT2D eigenvalue weighted by atomic mass is 32.1. The van der Waals surface area contributed by atoms with E-state index in [0.29, 0.717) is 32.5 Å². The first kappa shape index (κ1) is 17.4. The topological polar surface area (TPSA) is 83.1 Å². The van der Waals surface area contributed by atoms with Crippen molar-refractivity contribution in [2.75, 3.05) is 0 Å². The van der Waals surface area contributed by atoms with Gasteiger partial charge in [-0.3, -0.25) is 19.3 Å². The lowest BCUT2D eigenvalue weighted by molar-refractivity contribution is 0.0638.